The second-order valence-corrected chi connectivity index (χ2v) is 7.14. The highest BCUT2D eigenvalue weighted by atomic mass is 35.5. The Balaban J connectivity index is 1.36. The zero-order valence-electron chi connectivity index (χ0n) is 14.4. The normalized spacial score (nSPS) is 13.0. The summed E-state index contributed by atoms with van der Waals surface area (Å²) in [7, 11) is 0. The smallest absolute Gasteiger partial charge is 0.240 e. The van der Waals surface area contributed by atoms with Gasteiger partial charge < -0.3 is 9.47 Å². The third-order valence-electron chi connectivity index (χ3n) is 3.87. The number of nitrogens with one attached hydrogen (secondary N) is 2. The van der Waals surface area contributed by atoms with Gasteiger partial charge in [0.05, 0.1) is 5.71 Å². The summed E-state index contributed by atoms with van der Waals surface area (Å²) in [5.41, 5.74) is 5.77. The van der Waals surface area contributed by atoms with Gasteiger partial charge >= 0.3 is 0 Å². The van der Waals surface area contributed by atoms with E-state index in [4.69, 9.17) is 21.1 Å². The van der Waals surface area contributed by atoms with E-state index in [1.165, 1.54) is 11.8 Å². The van der Waals surface area contributed by atoms with Crippen LogP contribution in [-0.2, 0) is 5.75 Å². The first-order valence-electron chi connectivity index (χ1n) is 8.17. The fourth-order valence-electron chi connectivity index (χ4n) is 2.41. The third kappa shape index (κ3) is 4.35. The third-order valence-corrected chi connectivity index (χ3v) is 5.04. The van der Waals surface area contributed by atoms with E-state index in [0.717, 1.165) is 39.1 Å². The van der Waals surface area contributed by atoms with Crippen LogP contribution in [0.25, 0.3) is 0 Å². The van der Waals surface area contributed by atoms with E-state index in [-0.39, 0.29) is 6.79 Å². The van der Waals surface area contributed by atoms with Crippen LogP contribution in [0.5, 0.6) is 11.5 Å². The zero-order valence-corrected chi connectivity index (χ0v) is 16.0. The summed E-state index contributed by atoms with van der Waals surface area (Å²) in [5, 5.41) is 12.7. The highest BCUT2D eigenvalue weighted by Gasteiger charge is 2.14. The average molecular weight is 402 g/mol. The Morgan fingerprint density at radius 2 is 2.04 bits per heavy atom. The molecule has 0 unspecified atom stereocenters. The molecule has 0 saturated carbocycles. The molecule has 9 heteroatoms. The molecule has 0 radical (unpaired) electrons. The molecule has 138 valence electrons. The minimum Gasteiger partial charge on any atom is -0.454 e. The predicted molar refractivity (Wildman–Crippen MR) is 106 cm³/mol. The Bertz CT molecular complexity index is 974. The first-order chi connectivity index (χ1) is 13.2. The summed E-state index contributed by atoms with van der Waals surface area (Å²) >= 11 is 7.42. The van der Waals surface area contributed by atoms with Crippen molar-refractivity contribution in [3.8, 4) is 11.5 Å². The van der Waals surface area contributed by atoms with E-state index in [1.807, 2.05) is 49.4 Å². The molecule has 3 aromatic rings. The molecule has 4 rings (SSSR count). The molecule has 0 saturated heterocycles. The summed E-state index contributed by atoms with van der Waals surface area (Å²) in [6.07, 6.45) is 0. The number of aromatic nitrogens is 3. The lowest BCUT2D eigenvalue weighted by atomic mass is 10.1. The molecule has 0 fully saturated rings. The molecule has 27 heavy (non-hydrogen) atoms. The van der Waals surface area contributed by atoms with Crippen molar-refractivity contribution in [3.63, 3.8) is 0 Å². The van der Waals surface area contributed by atoms with Gasteiger partial charge in [-0.3, -0.25) is 0 Å². The molecule has 0 amide bonds. The molecule has 1 aliphatic rings. The summed E-state index contributed by atoms with van der Waals surface area (Å²) in [6, 6.07) is 13.4. The number of hydrogen-bond acceptors (Lipinski definition) is 7. The van der Waals surface area contributed by atoms with Crippen LogP contribution in [0, 0.1) is 0 Å². The molecule has 1 aliphatic heterocycles. The van der Waals surface area contributed by atoms with E-state index in [9.17, 15) is 0 Å². The molecule has 2 aromatic carbocycles. The van der Waals surface area contributed by atoms with Crippen LogP contribution >= 0.6 is 23.4 Å². The molecule has 0 aliphatic carbocycles. The van der Waals surface area contributed by atoms with Gasteiger partial charge in [0, 0.05) is 16.3 Å². The van der Waals surface area contributed by atoms with Crippen molar-refractivity contribution in [3.05, 3.63) is 58.6 Å². The molecule has 2 N–H and O–H groups in total. The van der Waals surface area contributed by atoms with E-state index >= 15 is 0 Å². The van der Waals surface area contributed by atoms with Crippen LogP contribution in [0.2, 0.25) is 5.02 Å². The van der Waals surface area contributed by atoms with Crippen molar-refractivity contribution >= 4 is 35.0 Å². The Kier molecular flexibility index (Phi) is 5.17. The number of hydrazone groups is 1. The number of H-pyrrole nitrogens is 1. The minimum absolute atomic E-state index is 0.252. The van der Waals surface area contributed by atoms with Gasteiger partial charge in [0.1, 0.15) is 0 Å². The molecular formula is C18H16ClN5O2S. The van der Waals surface area contributed by atoms with Gasteiger partial charge in [0.2, 0.25) is 17.9 Å². The minimum atomic E-state index is 0.252. The summed E-state index contributed by atoms with van der Waals surface area (Å²) in [5.74, 6) is 2.71. The van der Waals surface area contributed by atoms with Crippen molar-refractivity contribution in [1.82, 2.24) is 15.2 Å². The fraction of sp³-hybridized carbons (Fsp3) is 0.167. The van der Waals surface area contributed by atoms with Gasteiger partial charge in [0.25, 0.3) is 0 Å². The number of benzene rings is 2. The maximum Gasteiger partial charge on any atom is 0.240 e. The number of hydrogen-bond donors (Lipinski definition) is 2. The van der Waals surface area contributed by atoms with Gasteiger partial charge in [-0.15, -0.1) is 5.10 Å². The second kappa shape index (κ2) is 7.89. The van der Waals surface area contributed by atoms with Crippen molar-refractivity contribution < 1.29 is 9.47 Å². The number of fused-ring (bicyclic) bond motifs is 1. The lowest BCUT2D eigenvalue weighted by molar-refractivity contribution is 0.174. The van der Waals surface area contributed by atoms with Crippen LogP contribution in [0.1, 0.15) is 18.1 Å². The van der Waals surface area contributed by atoms with Crippen LogP contribution in [-0.4, -0.2) is 27.7 Å². The van der Waals surface area contributed by atoms with Gasteiger partial charge in [-0.1, -0.05) is 35.5 Å². The molecular weight excluding hydrogens is 386 g/mol. The maximum absolute atomic E-state index is 5.89. The van der Waals surface area contributed by atoms with Crippen molar-refractivity contribution in [2.24, 2.45) is 5.10 Å². The van der Waals surface area contributed by atoms with Crippen LogP contribution in [0.4, 0.5) is 5.95 Å². The maximum atomic E-state index is 5.89. The fourth-order valence-corrected chi connectivity index (χ4v) is 3.29. The molecule has 0 spiro atoms. The molecule has 0 bridgehead atoms. The first kappa shape index (κ1) is 17.7. The Hall–Kier alpha value is -2.71. The van der Waals surface area contributed by atoms with E-state index in [0.29, 0.717) is 11.1 Å². The SMILES string of the molecule is C/C(=N\Nc1nc(SCc2ccc(Cl)cc2)n[nH]1)c1ccc2c(c1)OCO2. The van der Waals surface area contributed by atoms with E-state index < -0.39 is 0 Å². The number of anilines is 1. The standard InChI is InChI=1S/C18H16ClN5O2S/c1-11(13-4-7-15-16(8-13)26-10-25-15)21-22-17-20-18(24-23-17)27-9-12-2-5-14(19)6-3-12/h2-8H,9-10H2,1H3,(H2,20,22,23,24)/b21-11+. The summed E-state index contributed by atoms with van der Waals surface area (Å²) in [4.78, 5) is 4.37. The molecule has 2 heterocycles. The van der Waals surface area contributed by atoms with Gasteiger partial charge in [-0.25, -0.2) is 10.5 Å². The Morgan fingerprint density at radius 3 is 2.89 bits per heavy atom. The Labute approximate surface area is 165 Å². The summed E-state index contributed by atoms with van der Waals surface area (Å²) in [6.45, 7) is 2.15. The van der Waals surface area contributed by atoms with Crippen molar-refractivity contribution in [2.75, 3.05) is 12.2 Å². The number of aromatic amines is 1. The van der Waals surface area contributed by atoms with Crippen LogP contribution in [0.15, 0.2) is 52.7 Å². The van der Waals surface area contributed by atoms with E-state index in [2.05, 4.69) is 25.7 Å². The highest BCUT2D eigenvalue weighted by Crippen LogP contribution is 2.32. The zero-order chi connectivity index (χ0) is 18.6. The topological polar surface area (TPSA) is 84.4 Å². The molecule has 0 atom stereocenters. The number of ether oxygens (including phenoxy) is 2. The van der Waals surface area contributed by atoms with Crippen LogP contribution in [0.3, 0.4) is 0 Å². The monoisotopic (exact) mass is 401 g/mol. The van der Waals surface area contributed by atoms with E-state index in [1.54, 1.807) is 0 Å². The number of nitrogens with zero attached hydrogens (tertiary/aromatic N) is 3. The lowest BCUT2D eigenvalue weighted by Gasteiger charge is -2.03. The number of rotatable bonds is 6. The highest BCUT2D eigenvalue weighted by molar-refractivity contribution is 7.98. The average Bonchev–Trinajstić information content (AvgIpc) is 3.34. The largest absolute Gasteiger partial charge is 0.454 e. The molecule has 1 aromatic heterocycles. The summed E-state index contributed by atoms with van der Waals surface area (Å²) < 4.78 is 10.7. The predicted octanol–water partition coefficient (Wildman–Crippen LogP) is 4.32. The van der Waals surface area contributed by atoms with Crippen molar-refractivity contribution in [2.45, 2.75) is 17.8 Å². The molecule has 7 nitrogen and oxygen atoms in total. The van der Waals surface area contributed by atoms with Gasteiger partial charge in [0.15, 0.2) is 11.5 Å². The quantitative estimate of drug-likeness (QED) is 0.363. The first-order valence-corrected chi connectivity index (χ1v) is 9.54. The van der Waals surface area contributed by atoms with Crippen LogP contribution < -0.4 is 14.9 Å². The number of thioether (sulfide) groups is 1. The lowest BCUT2D eigenvalue weighted by Crippen LogP contribution is -2.00. The second-order valence-electron chi connectivity index (χ2n) is 5.76. The van der Waals surface area contributed by atoms with Crippen molar-refractivity contribution in [1.29, 1.82) is 0 Å². The van der Waals surface area contributed by atoms with Gasteiger partial charge in [-0.05, 0) is 42.8 Å². The van der Waals surface area contributed by atoms with Gasteiger partial charge in [-0.2, -0.15) is 10.1 Å². The number of halogens is 1. The Morgan fingerprint density at radius 1 is 1.22 bits per heavy atom.